The van der Waals surface area contributed by atoms with Gasteiger partial charge in [0.25, 0.3) is 0 Å². The van der Waals surface area contributed by atoms with Crippen LogP contribution in [0.15, 0.2) is 29.3 Å². The van der Waals surface area contributed by atoms with E-state index < -0.39 is 0 Å². The predicted molar refractivity (Wildman–Crippen MR) is 103 cm³/mol. The first-order valence-electron chi connectivity index (χ1n) is 9.23. The van der Waals surface area contributed by atoms with Crippen molar-refractivity contribution in [3.05, 3.63) is 24.3 Å². The maximum Gasteiger partial charge on any atom is 0.0496 e. The standard InChI is InChI=1S/C21H39N/c1-7-9-11-12-17-21(5,6)18-22-20(15-10-8-2)16-13-14-19(3)4/h7,9,11-12,18-20H,8,10,13-17H2,1-6H3/b9-7-,12-11-,22-18+. The van der Waals surface area contributed by atoms with E-state index >= 15 is 0 Å². The second kappa shape index (κ2) is 12.7. The van der Waals surface area contributed by atoms with E-state index in [1.165, 1.54) is 38.5 Å². The molecule has 0 radical (unpaired) electrons. The van der Waals surface area contributed by atoms with E-state index in [1.807, 2.05) is 6.92 Å². The van der Waals surface area contributed by atoms with Gasteiger partial charge in [0.05, 0.1) is 0 Å². The number of hydrogen-bond donors (Lipinski definition) is 0. The molecule has 0 heterocycles. The zero-order valence-electron chi connectivity index (χ0n) is 15.9. The quantitative estimate of drug-likeness (QED) is 0.272. The highest BCUT2D eigenvalue weighted by atomic mass is 14.8. The van der Waals surface area contributed by atoms with Gasteiger partial charge in [-0.1, -0.05) is 84.6 Å². The van der Waals surface area contributed by atoms with Crippen LogP contribution >= 0.6 is 0 Å². The highest BCUT2D eigenvalue weighted by molar-refractivity contribution is 5.65. The summed E-state index contributed by atoms with van der Waals surface area (Å²) in [5.74, 6) is 0.809. The van der Waals surface area contributed by atoms with E-state index in [4.69, 9.17) is 4.99 Å². The summed E-state index contributed by atoms with van der Waals surface area (Å²) in [5, 5.41) is 0. The molecule has 0 spiro atoms. The number of hydrogen-bond acceptors (Lipinski definition) is 1. The summed E-state index contributed by atoms with van der Waals surface area (Å²) in [6, 6.07) is 0.525. The third-order valence-electron chi connectivity index (χ3n) is 3.93. The van der Waals surface area contributed by atoms with Gasteiger partial charge in [0.1, 0.15) is 0 Å². The molecule has 0 fully saturated rings. The minimum atomic E-state index is 0.153. The summed E-state index contributed by atoms with van der Waals surface area (Å²) in [7, 11) is 0. The van der Waals surface area contributed by atoms with Crippen molar-refractivity contribution in [3.63, 3.8) is 0 Å². The molecule has 0 saturated carbocycles. The highest BCUT2D eigenvalue weighted by Crippen LogP contribution is 2.21. The molecule has 1 unspecified atom stereocenters. The van der Waals surface area contributed by atoms with Crippen LogP contribution in [0.3, 0.4) is 0 Å². The number of unbranched alkanes of at least 4 members (excludes halogenated alkanes) is 1. The summed E-state index contributed by atoms with van der Waals surface area (Å²) in [6.07, 6.45) is 19.5. The zero-order chi connectivity index (χ0) is 16.8. The van der Waals surface area contributed by atoms with Crippen LogP contribution < -0.4 is 0 Å². The van der Waals surface area contributed by atoms with Gasteiger partial charge in [-0.25, -0.2) is 0 Å². The Morgan fingerprint density at radius 2 is 1.68 bits per heavy atom. The van der Waals surface area contributed by atoms with Crippen LogP contribution in [0, 0.1) is 11.3 Å². The Morgan fingerprint density at radius 1 is 1.00 bits per heavy atom. The van der Waals surface area contributed by atoms with E-state index in [9.17, 15) is 0 Å². The molecule has 0 aliphatic heterocycles. The van der Waals surface area contributed by atoms with Crippen molar-refractivity contribution in [2.75, 3.05) is 0 Å². The molecule has 0 aliphatic rings. The molecule has 0 aromatic carbocycles. The summed E-state index contributed by atoms with van der Waals surface area (Å²) < 4.78 is 0. The van der Waals surface area contributed by atoms with Gasteiger partial charge in [0.15, 0.2) is 0 Å². The van der Waals surface area contributed by atoms with E-state index in [-0.39, 0.29) is 5.41 Å². The van der Waals surface area contributed by atoms with E-state index in [1.54, 1.807) is 0 Å². The van der Waals surface area contributed by atoms with Gasteiger partial charge in [-0.3, -0.25) is 4.99 Å². The summed E-state index contributed by atoms with van der Waals surface area (Å²) in [4.78, 5) is 4.95. The summed E-state index contributed by atoms with van der Waals surface area (Å²) in [5.41, 5.74) is 0.153. The van der Waals surface area contributed by atoms with Gasteiger partial charge in [0, 0.05) is 17.7 Å². The lowest BCUT2D eigenvalue weighted by atomic mass is 9.90. The molecule has 0 aromatic heterocycles. The van der Waals surface area contributed by atoms with E-state index in [2.05, 4.69) is 65.1 Å². The molecular weight excluding hydrogens is 266 g/mol. The van der Waals surface area contributed by atoms with Gasteiger partial charge in [-0.05, 0) is 32.1 Å². The Hall–Kier alpha value is -0.850. The molecule has 0 aromatic rings. The molecule has 1 atom stereocenters. The summed E-state index contributed by atoms with van der Waals surface area (Å²) >= 11 is 0. The SMILES string of the molecule is C/C=C\C=C/CC(C)(C)/C=N/C(CCCC)CCCC(C)C. The van der Waals surface area contributed by atoms with Crippen molar-refractivity contribution < 1.29 is 0 Å². The largest absolute Gasteiger partial charge is 0.294 e. The molecule has 128 valence electrons. The van der Waals surface area contributed by atoms with Crippen LogP contribution in [0.4, 0.5) is 0 Å². The predicted octanol–water partition coefficient (Wildman–Crippen LogP) is 6.99. The summed E-state index contributed by atoms with van der Waals surface area (Å²) in [6.45, 7) is 13.5. The second-order valence-corrected chi connectivity index (χ2v) is 7.55. The van der Waals surface area contributed by atoms with Crippen molar-refractivity contribution in [1.82, 2.24) is 0 Å². The molecule has 0 amide bonds. The average molecular weight is 306 g/mol. The molecule has 0 N–H and O–H groups in total. The first kappa shape index (κ1) is 21.1. The smallest absolute Gasteiger partial charge is 0.0496 e. The molecule has 1 heteroatoms. The van der Waals surface area contributed by atoms with E-state index in [0.29, 0.717) is 6.04 Å². The number of nitrogens with zero attached hydrogens (tertiary/aromatic N) is 1. The third kappa shape index (κ3) is 12.9. The normalized spacial score (nSPS) is 14.9. The van der Waals surface area contributed by atoms with Gasteiger partial charge < -0.3 is 0 Å². The Balaban J connectivity index is 4.45. The van der Waals surface area contributed by atoms with Crippen LogP contribution in [0.25, 0.3) is 0 Å². The topological polar surface area (TPSA) is 12.4 Å². The van der Waals surface area contributed by atoms with Crippen molar-refractivity contribution in [2.24, 2.45) is 16.3 Å². The van der Waals surface area contributed by atoms with Crippen LogP contribution in [0.5, 0.6) is 0 Å². The van der Waals surface area contributed by atoms with Crippen molar-refractivity contribution in [1.29, 1.82) is 0 Å². The molecule has 0 saturated heterocycles. The monoisotopic (exact) mass is 305 g/mol. The van der Waals surface area contributed by atoms with Crippen molar-refractivity contribution >= 4 is 6.21 Å². The van der Waals surface area contributed by atoms with Gasteiger partial charge in [-0.15, -0.1) is 0 Å². The lowest BCUT2D eigenvalue weighted by Crippen LogP contribution is -2.15. The van der Waals surface area contributed by atoms with E-state index in [0.717, 1.165) is 12.3 Å². The highest BCUT2D eigenvalue weighted by Gasteiger charge is 2.14. The van der Waals surface area contributed by atoms with Crippen LogP contribution in [-0.2, 0) is 0 Å². The van der Waals surface area contributed by atoms with Gasteiger partial charge in [-0.2, -0.15) is 0 Å². The average Bonchev–Trinajstić information content (AvgIpc) is 2.45. The number of allylic oxidation sites excluding steroid dienone is 4. The number of rotatable bonds is 12. The Bertz CT molecular complexity index is 334. The fraction of sp³-hybridized carbons (Fsp3) is 0.762. The van der Waals surface area contributed by atoms with Gasteiger partial charge in [0.2, 0.25) is 0 Å². The maximum atomic E-state index is 4.95. The zero-order valence-corrected chi connectivity index (χ0v) is 15.9. The minimum Gasteiger partial charge on any atom is -0.294 e. The van der Waals surface area contributed by atoms with Crippen LogP contribution in [0.2, 0.25) is 0 Å². The minimum absolute atomic E-state index is 0.153. The van der Waals surface area contributed by atoms with Crippen molar-refractivity contribution in [2.45, 2.75) is 92.5 Å². The third-order valence-corrected chi connectivity index (χ3v) is 3.93. The molecular formula is C21H39N. The first-order valence-corrected chi connectivity index (χ1v) is 9.23. The first-order chi connectivity index (χ1) is 10.4. The number of aliphatic imine (C=N–C) groups is 1. The fourth-order valence-electron chi connectivity index (χ4n) is 2.42. The second-order valence-electron chi connectivity index (χ2n) is 7.55. The molecule has 1 nitrogen and oxygen atoms in total. The fourth-order valence-corrected chi connectivity index (χ4v) is 2.42. The molecule has 0 rings (SSSR count). The van der Waals surface area contributed by atoms with Crippen LogP contribution in [-0.4, -0.2) is 12.3 Å². The lowest BCUT2D eigenvalue weighted by molar-refractivity contribution is 0.468. The van der Waals surface area contributed by atoms with Gasteiger partial charge >= 0.3 is 0 Å². The van der Waals surface area contributed by atoms with Crippen molar-refractivity contribution in [3.8, 4) is 0 Å². The maximum absolute atomic E-state index is 4.95. The Kier molecular flexibility index (Phi) is 12.2. The lowest BCUT2D eigenvalue weighted by Gasteiger charge is -2.19. The molecule has 22 heavy (non-hydrogen) atoms. The molecule has 0 aliphatic carbocycles. The molecule has 0 bridgehead atoms. The van der Waals surface area contributed by atoms with Crippen LogP contribution in [0.1, 0.15) is 86.5 Å². The Labute approximate surface area is 140 Å². The Morgan fingerprint density at radius 3 is 2.27 bits per heavy atom.